The summed E-state index contributed by atoms with van der Waals surface area (Å²) < 4.78 is 5.70. The summed E-state index contributed by atoms with van der Waals surface area (Å²) in [4.78, 5) is 12.7. The number of carbonyl (C=O) groups is 1. The summed E-state index contributed by atoms with van der Waals surface area (Å²) >= 11 is 0. The molecule has 0 saturated carbocycles. The van der Waals surface area contributed by atoms with Crippen LogP contribution in [-0.4, -0.2) is 22.8 Å². The minimum atomic E-state index is -0.207. The smallest absolute Gasteiger partial charge is 0.308 e. The van der Waals surface area contributed by atoms with Gasteiger partial charge < -0.3 is 4.74 Å². The van der Waals surface area contributed by atoms with Crippen molar-refractivity contribution in [1.29, 1.82) is 0 Å². The Morgan fingerprint density at radius 2 is 1.27 bits per heavy atom. The van der Waals surface area contributed by atoms with Gasteiger partial charge in [-0.05, 0) is 25.2 Å². The monoisotopic (exact) mass is 384 g/mol. The third-order valence-electron chi connectivity index (χ3n) is 5.82. The Labute approximate surface area is 167 Å². The summed E-state index contributed by atoms with van der Waals surface area (Å²) in [5.74, 6) is 0.601. The zero-order valence-corrected chi connectivity index (χ0v) is 20.7. The Bertz CT molecular complexity index is 328. The maximum atomic E-state index is 12.7. The summed E-state index contributed by atoms with van der Waals surface area (Å²) in [6.45, 7) is 9.54. The van der Waals surface area contributed by atoms with E-state index in [0.717, 1.165) is 16.7 Å². The second-order valence-electron chi connectivity index (χ2n) is 8.67. The fraction of sp³-hybridized carbons (Fsp3) is 0.957. The highest BCUT2D eigenvalue weighted by Gasteiger charge is 2.36. The molecular formula is C23H48O2Si. The van der Waals surface area contributed by atoms with Crippen LogP contribution in [0.2, 0.25) is 5.04 Å². The lowest BCUT2D eigenvalue weighted by Crippen LogP contribution is -2.32. The highest BCUT2D eigenvalue weighted by Crippen LogP contribution is 2.39. The Morgan fingerprint density at radius 3 is 1.81 bits per heavy atom. The lowest BCUT2D eigenvalue weighted by atomic mass is 9.84. The zero-order valence-electron chi connectivity index (χ0n) is 18.7. The summed E-state index contributed by atoms with van der Waals surface area (Å²) in [5, 5.41) is -0.207. The van der Waals surface area contributed by atoms with E-state index in [4.69, 9.17) is 4.74 Å². The molecule has 3 heteroatoms. The Balaban J connectivity index is 4.15. The first-order valence-corrected chi connectivity index (χ1v) is 12.7. The van der Waals surface area contributed by atoms with Gasteiger partial charge in [0.15, 0.2) is 0 Å². The number of hydrogen-bond acceptors (Lipinski definition) is 2. The fourth-order valence-corrected chi connectivity index (χ4v) is 4.51. The first-order valence-electron chi connectivity index (χ1n) is 11.7. The molecule has 2 atom stereocenters. The topological polar surface area (TPSA) is 26.3 Å². The zero-order chi connectivity index (χ0) is 19.7. The van der Waals surface area contributed by atoms with E-state index >= 15 is 0 Å². The standard InChI is InChI=1S/C23H48O2Si/c1-5-8-10-12-14-16-19-21(18-7-3)23(4,26)22(24)25-20-17-15-13-11-9-6-2/h21H,5-20H2,1-4,26H3. The van der Waals surface area contributed by atoms with Crippen LogP contribution in [0.15, 0.2) is 0 Å². The second-order valence-corrected chi connectivity index (χ2v) is 10.7. The summed E-state index contributed by atoms with van der Waals surface area (Å²) in [5.41, 5.74) is 0. The third-order valence-corrected chi connectivity index (χ3v) is 7.05. The predicted octanol–water partition coefficient (Wildman–Crippen LogP) is 6.60. The highest BCUT2D eigenvalue weighted by atomic mass is 28.1. The van der Waals surface area contributed by atoms with Gasteiger partial charge in [-0.15, -0.1) is 0 Å². The maximum absolute atomic E-state index is 12.7. The first kappa shape index (κ1) is 25.7. The molecule has 0 amide bonds. The van der Waals surface area contributed by atoms with Crippen molar-refractivity contribution in [2.45, 2.75) is 129 Å². The molecule has 0 aromatic carbocycles. The van der Waals surface area contributed by atoms with Crippen molar-refractivity contribution in [3.63, 3.8) is 0 Å². The Morgan fingerprint density at radius 1 is 0.769 bits per heavy atom. The highest BCUT2D eigenvalue weighted by molar-refractivity contribution is 6.26. The number of rotatable bonds is 18. The van der Waals surface area contributed by atoms with Crippen molar-refractivity contribution in [1.82, 2.24) is 0 Å². The van der Waals surface area contributed by atoms with Crippen LogP contribution in [0.1, 0.15) is 124 Å². The largest absolute Gasteiger partial charge is 0.466 e. The number of esters is 1. The molecule has 0 aliphatic carbocycles. The predicted molar refractivity (Wildman–Crippen MR) is 119 cm³/mol. The molecule has 0 fully saturated rings. The lowest BCUT2D eigenvalue weighted by molar-refractivity contribution is -0.149. The van der Waals surface area contributed by atoms with E-state index < -0.39 is 0 Å². The molecule has 0 aliphatic rings. The van der Waals surface area contributed by atoms with Crippen LogP contribution < -0.4 is 0 Å². The lowest BCUT2D eigenvalue weighted by Gasteiger charge is -2.32. The van der Waals surface area contributed by atoms with Gasteiger partial charge >= 0.3 is 5.97 Å². The molecule has 0 aromatic rings. The van der Waals surface area contributed by atoms with E-state index in [1.54, 1.807) is 0 Å². The Hall–Kier alpha value is -0.313. The molecule has 26 heavy (non-hydrogen) atoms. The van der Waals surface area contributed by atoms with Crippen LogP contribution in [0, 0.1) is 5.92 Å². The van der Waals surface area contributed by atoms with E-state index in [1.165, 1.54) is 89.9 Å². The van der Waals surface area contributed by atoms with E-state index in [2.05, 4.69) is 27.7 Å². The minimum Gasteiger partial charge on any atom is -0.466 e. The van der Waals surface area contributed by atoms with Crippen LogP contribution >= 0.6 is 0 Å². The van der Waals surface area contributed by atoms with Gasteiger partial charge in [-0.3, -0.25) is 4.79 Å². The summed E-state index contributed by atoms with van der Waals surface area (Å²) in [6.07, 6.45) is 19.0. The molecule has 0 spiro atoms. The van der Waals surface area contributed by atoms with Crippen molar-refractivity contribution in [3.8, 4) is 0 Å². The molecule has 0 bridgehead atoms. The molecule has 156 valence electrons. The van der Waals surface area contributed by atoms with Crippen molar-refractivity contribution >= 4 is 16.2 Å². The van der Waals surface area contributed by atoms with E-state index in [-0.39, 0.29) is 11.0 Å². The van der Waals surface area contributed by atoms with Crippen molar-refractivity contribution < 1.29 is 9.53 Å². The van der Waals surface area contributed by atoms with Gasteiger partial charge in [0.05, 0.1) is 11.6 Å². The molecule has 2 nitrogen and oxygen atoms in total. The average Bonchev–Trinajstić information content (AvgIpc) is 2.62. The molecule has 0 aromatic heterocycles. The molecule has 0 N–H and O–H groups in total. The van der Waals surface area contributed by atoms with Crippen molar-refractivity contribution in [2.24, 2.45) is 5.92 Å². The van der Waals surface area contributed by atoms with E-state index in [1.807, 2.05) is 0 Å². The molecular weight excluding hydrogens is 336 g/mol. The van der Waals surface area contributed by atoms with Crippen molar-refractivity contribution in [3.05, 3.63) is 0 Å². The fourth-order valence-electron chi connectivity index (χ4n) is 3.79. The normalized spacial score (nSPS) is 14.9. The number of hydrogen-bond donors (Lipinski definition) is 0. The molecule has 0 aliphatic heterocycles. The SMILES string of the molecule is CCCCCCCCOC(=O)C(C)([SiH3])C(CCC)CCCCCCCC. The molecule has 0 rings (SSSR count). The average molecular weight is 385 g/mol. The third kappa shape index (κ3) is 12.1. The van der Waals surface area contributed by atoms with E-state index in [9.17, 15) is 4.79 Å². The van der Waals surface area contributed by atoms with Gasteiger partial charge in [-0.2, -0.15) is 0 Å². The number of ether oxygens (including phenoxy) is 1. The number of unbranched alkanes of at least 4 members (excludes halogenated alkanes) is 10. The molecule has 0 saturated heterocycles. The van der Waals surface area contributed by atoms with Gasteiger partial charge in [0.1, 0.15) is 0 Å². The maximum Gasteiger partial charge on any atom is 0.308 e. The van der Waals surface area contributed by atoms with Crippen LogP contribution in [0.5, 0.6) is 0 Å². The van der Waals surface area contributed by atoms with Gasteiger partial charge in [0.25, 0.3) is 0 Å². The van der Waals surface area contributed by atoms with Gasteiger partial charge in [-0.1, -0.05) is 105 Å². The molecule has 0 heterocycles. The summed E-state index contributed by atoms with van der Waals surface area (Å²) in [7, 11) is 0.896. The van der Waals surface area contributed by atoms with Gasteiger partial charge in [0.2, 0.25) is 0 Å². The van der Waals surface area contributed by atoms with Crippen LogP contribution in [0.3, 0.4) is 0 Å². The van der Waals surface area contributed by atoms with Gasteiger partial charge in [-0.25, -0.2) is 0 Å². The summed E-state index contributed by atoms with van der Waals surface area (Å²) in [6, 6.07) is 0. The first-order chi connectivity index (χ1) is 12.5. The van der Waals surface area contributed by atoms with Crippen LogP contribution in [0.4, 0.5) is 0 Å². The number of carbonyl (C=O) groups excluding carboxylic acids is 1. The Kier molecular flexibility index (Phi) is 16.6. The van der Waals surface area contributed by atoms with Gasteiger partial charge in [0, 0.05) is 10.2 Å². The van der Waals surface area contributed by atoms with Crippen molar-refractivity contribution in [2.75, 3.05) is 6.61 Å². The van der Waals surface area contributed by atoms with E-state index in [0.29, 0.717) is 12.5 Å². The van der Waals surface area contributed by atoms with Crippen LogP contribution in [0.25, 0.3) is 0 Å². The second kappa shape index (κ2) is 16.8. The van der Waals surface area contributed by atoms with Crippen LogP contribution in [-0.2, 0) is 9.53 Å². The quantitative estimate of drug-likeness (QED) is 0.151. The molecule has 0 radical (unpaired) electrons. The molecule has 2 unspecified atom stereocenters. The minimum absolute atomic E-state index is 0.0853.